The van der Waals surface area contributed by atoms with Crippen molar-refractivity contribution in [2.24, 2.45) is 0 Å². The first-order chi connectivity index (χ1) is 19.7. The number of phosphoric ester groups is 2. The van der Waals surface area contributed by atoms with Gasteiger partial charge in [0.2, 0.25) is 0 Å². The number of fused-ring (bicyclic) bond motifs is 1. The number of hydroxylamine groups is 1. The van der Waals surface area contributed by atoms with Crippen molar-refractivity contribution < 1.29 is 56.9 Å². The number of hydrogen-bond acceptors (Lipinski definition) is 9. The van der Waals surface area contributed by atoms with E-state index in [9.17, 15) is 38.3 Å². The van der Waals surface area contributed by atoms with Crippen LogP contribution in [0, 0.1) is 0 Å². The molecule has 0 radical (unpaired) electrons. The molecule has 14 nitrogen and oxygen atoms in total. The van der Waals surface area contributed by atoms with Crippen LogP contribution in [0.2, 0.25) is 5.02 Å². The highest BCUT2D eigenvalue weighted by molar-refractivity contribution is 7.47. The van der Waals surface area contributed by atoms with Gasteiger partial charge in [-0.05, 0) is 57.6 Å². The molecule has 1 fully saturated rings. The van der Waals surface area contributed by atoms with Crippen LogP contribution in [0.4, 0.5) is 0 Å². The Hall–Kier alpha value is -2.67. The third-order valence-electron chi connectivity index (χ3n) is 6.06. The maximum Gasteiger partial charge on any atom is 0.524 e. The van der Waals surface area contributed by atoms with Gasteiger partial charge >= 0.3 is 21.6 Å². The molecule has 0 atom stereocenters. The Bertz CT molecular complexity index is 1350. The van der Waals surface area contributed by atoms with Gasteiger partial charge in [0, 0.05) is 24.7 Å². The molecule has 1 amide bonds. The number of nitrogens with one attached hydrogen (secondary N) is 1. The lowest BCUT2D eigenvalue weighted by atomic mass is 10.0. The van der Waals surface area contributed by atoms with E-state index < -0.39 is 43.7 Å². The number of hydrogen-bond donors (Lipinski definition) is 5. The van der Waals surface area contributed by atoms with Crippen LogP contribution in [-0.4, -0.2) is 62.7 Å². The predicted octanol–water partition coefficient (Wildman–Crippen LogP) is 4.00. The maximum absolute atomic E-state index is 13.2. The lowest BCUT2D eigenvalue weighted by molar-refractivity contribution is -0.139. The number of benzene rings is 1. The Labute approximate surface area is 247 Å². The standard InChI is InChI=1S/C25H33ClN2O12P2/c1-17-9-5-2-3-8-12-37-25(30)23-19(14-18(13-17)27-38-16-22(29)28-10-6-4-7-11-28)24(26)21(40-42(34,35)36)15-20(23)39-41(31,32)33/h2-3,13-15,27H,4-12,16H2,1H3,(H2,31,32,33)(H2,34,35,36)/b3-2?,17-13+,18-14-. The summed E-state index contributed by atoms with van der Waals surface area (Å²) < 4.78 is 38.0. The summed E-state index contributed by atoms with van der Waals surface area (Å²) in [5, 5.41) is -0.509. The highest BCUT2D eigenvalue weighted by Gasteiger charge is 2.31. The van der Waals surface area contributed by atoms with Gasteiger partial charge in [0.15, 0.2) is 18.1 Å². The summed E-state index contributed by atoms with van der Waals surface area (Å²) in [4.78, 5) is 70.7. The molecule has 2 heterocycles. The summed E-state index contributed by atoms with van der Waals surface area (Å²) in [6, 6.07) is 0.666. The number of rotatable bonds is 8. The van der Waals surface area contributed by atoms with Gasteiger partial charge in [0.1, 0.15) is 5.56 Å². The Morgan fingerprint density at radius 3 is 2.33 bits per heavy atom. The van der Waals surface area contributed by atoms with E-state index in [4.69, 9.17) is 25.7 Å². The zero-order valence-corrected chi connectivity index (χ0v) is 25.3. The number of ether oxygens (including phenoxy) is 1. The zero-order chi connectivity index (χ0) is 30.9. The van der Waals surface area contributed by atoms with Gasteiger partial charge in [-0.15, -0.1) is 0 Å². The fourth-order valence-corrected chi connectivity index (χ4v) is 5.31. The van der Waals surface area contributed by atoms with Crippen LogP contribution in [0.15, 0.2) is 35.6 Å². The highest BCUT2D eigenvalue weighted by atomic mass is 35.5. The number of cyclic esters (lactones) is 1. The average molecular weight is 651 g/mol. The van der Waals surface area contributed by atoms with Crippen LogP contribution in [0.5, 0.6) is 11.5 Å². The number of allylic oxidation sites excluding steroid dienone is 3. The van der Waals surface area contributed by atoms with Crippen LogP contribution in [0.25, 0.3) is 6.08 Å². The quantitative estimate of drug-likeness (QED) is 0.117. The highest BCUT2D eigenvalue weighted by Crippen LogP contribution is 2.49. The molecular formula is C25H33ClN2O12P2. The van der Waals surface area contributed by atoms with Gasteiger partial charge in [0.05, 0.1) is 17.3 Å². The molecule has 232 valence electrons. The molecule has 0 aliphatic carbocycles. The van der Waals surface area contributed by atoms with Crippen molar-refractivity contribution in [1.29, 1.82) is 0 Å². The topological polar surface area (TPSA) is 201 Å². The van der Waals surface area contributed by atoms with Crippen LogP contribution in [0.1, 0.15) is 61.4 Å². The van der Waals surface area contributed by atoms with Crippen molar-refractivity contribution in [3.05, 3.63) is 51.7 Å². The number of esters is 1. The summed E-state index contributed by atoms with van der Waals surface area (Å²) in [6.07, 6.45) is 11.0. The van der Waals surface area contributed by atoms with E-state index in [1.165, 1.54) is 6.08 Å². The van der Waals surface area contributed by atoms with Gasteiger partial charge in [-0.3, -0.25) is 34.7 Å². The summed E-state index contributed by atoms with van der Waals surface area (Å²) in [7, 11) is -10.5. The van der Waals surface area contributed by atoms with Gasteiger partial charge in [-0.25, -0.2) is 13.9 Å². The Morgan fingerprint density at radius 1 is 1.02 bits per heavy atom. The molecule has 2 aliphatic rings. The molecule has 5 N–H and O–H groups in total. The van der Waals surface area contributed by atoms with Crippen molar-refractivity contribution in [2.75, 3.05) is 26.3 Å². The molecule has 0 unspecified atom stereocenters. The monoisotopic (exact) mass is 650 g/mol. The van der Waals surface area contributed by atoms with Crippen molar-refractivity contribution >= 4 is 45.2 Å². The van der Waals surface area contributed by atoms with Gasteiger partial charge < -0.3 is 18.7 Å². The smallest absolute Gasteiger partial charge is 0.462 e. The van der Waals surface area contributed by atoms with E-state index >= 15 is 0 Å². The van der Waals surface area contributed by atoms with E-state index in [1.54, 1.807) is 17.1 Å². The molecule has 1 aromatic carbocycles. The number of carbonyl (C=O) groups is 2. The van der Waals surface area contributed by atoms with Crippen LogP contribution in [0.3, 0.4) is 0 Å². The normalized spacial score (nSPS) is 19.8. The largest absolute Gasteiger partial charge is 0.524 e. The van der Waals surface area contributed by atoms with Crippen molar-refractivity contribution in [2.45, 2.75) is 45.4 Å². The first-order valence-electron chi connectivity index (χ1n) is 13.0. The van der Waals surface area contributed by atoms with E-state index in [0.29, 0.717) is 38.4 Å². The van der Waals surface area contributed by atoms with Crippen molar-refractivity contribution in [3.8, 4) is 11.5 Å². The zero-order valence-electron chi connectivity index (χ0n) is 22.7. The number of piperidine rings is 1. The average Bonchev–Trinajstić information content (AvgIpc) is 2.89. The molecule has 0 spiro atoms. The Balaban J connectivity index is 2.14. The summed E-state index contributed by atoms with van der Waals surface area (Å²) >= 11 is 6.45. The third-order valence-corrected chi connectivity index (χ3v) is 7.31. The van der Waals surface area contributed by atoms with Gasteiger partial charge in [-0.2, -0.15) is 0 Å². The third kappa shape index (κ3) is 10.9. The fourth-order valence-electron chi connectivity index (χ4n) is 4.22. The van der Waals surface area contributed by atoms with Gasteiger partial charge in [0.25, 0.3) is 5.91 Å². The minimum Gasteiger partial charge on any atom is -0.462 e. The number of likely N-dealkylation sites (tertiary alicyclic amines) is 1. The first kappa shape index (κ1) is 33.8. The maximum atomic E-state index is 13.2. The SMILES string of the molecule is C/C1=C\C(NOCC(=O)N2CCCCC2)=C\c2c(Cl)c(OP(=O)(O)O)cc(OP(=O)(O)O)c2C(=O)OCCC=CCC1. The number of amides is 1. The molecule has 0 saturated carbocycles. The Kier molecular flexibility index (Phi) is 12.2. The van der Waals surface area contributed by atoms with Crippen molar-refractivity contribution in [3.63, 3.8) is 0 Å². The van der Waals surface area contributed by atoms with E-state index in [0.717, 1.165) is 24.8 Å². The molecule has 0 aromatic heterocycles. The molecule has 0 bridgehead atoms. The van der Waals surface area contributed by atoms with Crippen LogP contribution >= 0.6 is 27.2 Å². The van der Waals surface area contributed by atoms with E-state index in [-0.39, 0.29) is 30.4 Å². The summed E-state index contributed by atoms with van der Waals surface area (Å²) in [5.41, 5.74) is 2.72. The van der Waals surface area contributed by atoms with Gasteiger partial charge in [-0.1, -0.05) is 29.3 Å². The molecule has 17 heteroatoms. The molecule has 42 heavy (non-hydrogen) atoms. The second-order valence-electron chi connectivity index (χ2n) is 9.50. The van der Waals surface area contributed by atoms with E-state index in [1.807, 2.05) is 13.0 Å². The first-order valence-corrected chi connectivity index (χ1v) is 16.4. The molecule has 1 saturated heterocycles. The second kappa shape index (κ2) is 15.2. The Morgan fingerprint density at radius 2 is 1.67 bits per heavy atom. The number of phosphoric acid groups is 2. The lowest BCUT2D eigenvalue weighted by Gasteiger charge is -2.26. The van der Waals surface area contributed by atoms with Crippen LogP contribution < -0.4 is 14.5 Å². The fraction of sp³-hybridized carbons (Fsp3) is 0.440. The number of halogens is 1. The minimum atomic E-state index is -5.31. The van der Waals surface area contributed by atoms with Crippen LogP contribution in [-0.2, 0) is 23.5 Å². The van der Waals surface area contributed by atoms with Crippen molar-refractivity contribution in [1.82, 2.24) is 10.4 Å². The number of carbonyl (C=O) groups excluding carboxylic acids is 2. The molecular weight excluding hydrogens is 618 g/mol. The predicted molar refractivity (Wildman–Crippen MR) is 151 cm³/mol. The van der Waals surface area contributed by atoms with E-state index in [2.05, 4.69) is 10.0 Å². The molecule has 2 aliphatic heterocycles. The molecule has 1 aromatic rings. The lowest BCUT2D eigenvalue weighted by Crippen LogP contribution is -2.39. The minimum absolute atomic E-state index is 0.103. The summed E-state index contributed by atoms with van der Waals surface area (Å²) in [6.45, 7) is 2.62. The second-order valence-corrected chi connectivity index (χ2v) is 12.2. The number of nitrogens with zero attached hydrogens (tertiary/aromatic N) is 1. The molecule has 3 rings (SSSR count). The summed E-state index contributed by atoms with van der Waals surface area (Å²) in [5.74, 6) is -2.88.